The minimum absolute atomic E-state index is 0.0346. The Morgan fingerprint density at radius 3 is 2.90 bits per heavy atom. The number of sulfone groups is 1. The lowest BCUT2D eigenvalue weighted by molar-refractivity contribution is 0.0789. The van der Waals surface area contributed by atoms with Crippen LogP contribution in [0.3, 0.4) is 0 Å². The van der Waals surface area contributed by atoms with Gasteiger partial charge in [-0.15, -0.1) is 11.3 Å². The molecule has 1 aromatic carbocycles. The number of benzene rings is 1. The van der Waals surface area contributed by atoms with Crippen LogP contribution in [0.4, 0.5) is 0 Å². The topological polar surface area (TPSA) is 54.5 Å². The third kappa shape index (κ3) is 2.00. The fourth-order valence-corrected chi connectivity index (χ4v) is 6.54. The van der Waals surface area contributed by atoms with Crippen LogP contribution in [0.25, 0.3) is 10.1 Å². The lowest BCUT2D eigenvalue weighted by atomic mass is 10.1. The molecule has 0 unspecified atom stereocenters. The molecule has 1 aromatic heterocycles. The molecule has 110 valence electrons. The van der Waals surface area contributed by atoms with Gasteiger partial charge in [0.25, 0.3) is 5.91 Å². The SMILES string of the molecule is O=C(c1cccc2ccsc12)N1C[C@@H]2CCS(=O)(=O)[C@@H]2C1. The summed E-state index contributed by atoms with van der Waals surface area (Å²) in [5.41, 5.74) is 0.694. The number of hydrogen-bond acceptors (Lipinski definition) is 4. The molecule has 0 aliphatic carbocycles. The predicted molar refractivity (Wildman–Crippen MR) is 83.4 cm³/mol. The van der Waals surface area contributed by atoms with Crippen molar-refractivity contribution in [1.82, 2.24) is 4.90 Å². The molecule has 2 aromatic rings. The second kappa shape index (κ2) is 4.55. The Balaban J connectivity index is 1.66. The smallest absolute Gasteiger partial charge is 0.255 e. The lowest BCUT2D eigenvalue weighted by Gasteiger charge is -2.17. The first-order valence-corrected chi connectivity index (χ1v) is 9.63. The number of thiophene rings is 1. The maximum absolute atomic E-state index is 12.7. The zero-order valence-corrected chi connectivity index (χ0v) is 13.0. The van der Waals surface area contributed by atoms with Crippen LogP contribution in [0, 0.1) is 5.92 Å². The number of rotatable bonds is 1. The number of carbonyl (C=O) groups is 1. The molecule has 21 heavy (non-hydrogen) atoms. The molecule has 6 heteroatoms. The highest BCUT2D eigenvalue weighted by Gasteiger charge is 2.47. The van der Waals surface area contributed by atoms with Crippen molar-refractivity contribution in [3.8, 4) is 0 Å². The van der Waals surface area contributed by atoms with E-state index in [1.54, 1.807) is 16.2 Å². The van der Waals surface area contributed by atoms with Crippen LogP contribution in [-0.4, -0.2) is 43.3 Å². The standard InChI is InChI=1S/C15H15NO3S2/c17-15(12-3-1-2-10-4-6-20-14(10)12)16-8-11-5-7-21(18,19)13(11)9-16/h1-4,6,11,13H,5,7-9H2/t11-,13+/m0/s1. The molecule has 0 N–H and O–H groups in total. The second-order valence-electron chi connectivity index (χ2n) is 5.81. The highest BCUT2D eigenvalue weighted by molar-refractivity contribution is 7.92. The average molecular weight is 321 g/mol. The van der Waals surface area contributed by atoms with Gasteiger partial charge in [-0.25, -0.2) is 8.42 Å². The second-order valence-corrected chi connectivity index (χ2v) is 9.06. The molecule has 4 nitrogen and oxygen atoms in total. The Labute approximate surface area is 127 Å². The van der Waals surface area contributed by atoms with Gasteiger partial charge in [0.15, 0.2) is 9.84 Å². The van der Waals surface area contributed by atoms with Crippen molar-refractivity contribution in [2.24, 2.45) is 5.92 Å². The molecule has 4 rings (SSSR count). The van der Waals surface area contributed by atoms with Crippen LogP contribution in [0.2, 0.25) is 0 Å². The summed E-state index contributed by atoms with van der Waals surface area (Å²) >= 11 is 1.56. The van der Waals surface area contributed by atoms with E-state index in [1.807, 2.05) is 29.6 Å². The molecule has 1 amide bonds. The molecule has 0 bridgehead atoms. The highest BCUT2D eigenvalue weighted by atomic mass is 32.2. The number of fused-ring (bicyclic) bond motifs is 2. The molecule has 2 aliphatic rings. The zero-order chi connectivity index (χ0) is 14.6. The molecular weight excluding hydrogens is 306 g/mol. The average Bonchev–Trinajstić information content (AvgIpc) is 3.15. The molecule has 3 heterocycles. The van der Waals surface area contributed by atoms with E-state index in [9.17, 15) is 13.2 Å². The highest BCUT2D eigenvalue weighted by Crippen LogP contribution is 2.35. The summed E-state index contributed by atoms with van der Waals surface area (Å²) in [5, 5.41) is 2.70. The molecule has 0 saturated carbocycles. The van der Waals surface area contributed by atoms with Gasteiger partial charge in [-0.05, 0) is 35.2 Å². The van der Waals surface area contributed by atoms with Crippen molar-refractivity contribution in [1.29, 1.82) is 0 Å². The van der Waals surface area contributed by atoms with Crippen molar-refractivity contribution in [3.05, 3.63) is 35.2 Å². The monoisotopic (exact) mass is 321 g/mol. The first kappa shape index (κ1) is 13.3. The Morgan fingerprint density at radius 2 is 2.10 bits per heavy atom. The molecule has 2 saturated heterocycles. The normalized spacial score (nSPS) is 27.1. The fraction of sp³-hybridized carbons (Fsp3) is 0.400. The Bertz CT molecular complexity index is 824. The van der Waals surface area contributed by atoms with Gasteiger partial charge < -0.3 is 4.90 Å². The van der Waals surface area contributed by atoms with Gasteiger partial charge in [0.1, 0.15) is 0 Å². The van der Waals surface area contributed by atoms with Crippen LogP contribution in [0.5, 0.6) is 0 Å². The largest absolute Gasteiger partial charge is 0.337 e. The predicted octanol–water partition coefficient (Wildman–Crippen LogP) is 2.16. The molecule has 2 atom stereocenters. The van der Waals surface area contributed by atoms with Crippen LogP contribution < -0.4 is 0 Å². The summed E-state index contributed by atoms with van der Waals surface area (Å²) in [4.78, 5) is 14.5. The number of amides is 1. The van der Waals surface area contributed by atoms with Gasteiger partial charge in [0.05, 0.1) is 16.6 Å². The first-order valence-electron chi connectivity index (χ1n) is 7.03. The summed E-state index contributed by atoms with van der Waals surface area (Å²) in [6.07, 6.45) is 0.694. The van der Waals surface area contributed by atoms with E-state index in [-0.39, 0.29) is 22.8 Å². The molecular formula is C15H15NO3S2. The van der Waals surface area contributed by atoms with Crippen molar-refractivity contribution in [2.45, 2.75) is 11.7 Å². The zero-order valence-electron chi connectivity index (χ0n) is 11.4. The van der Waals surface area contributed by atoms with Crippen molar-refractivity contribution < 1.29 is 13.2 Å². The summed E-state index contributed by atoms with van der Waals surface area (Å²) in [6, 6.07) is 7.71. The third-order valence-corrected chi connectivity index (χ3v) is 7.84. The van der Waals surface area contributed by atoms with Crippen LogP contribution >= 0.6 is 11.3 Å². The minimum Gasteiger partial charge on any atom is -0.337 e. The van der Waals surface area contributed by atoms with Crippen LogP contribution in [-0.2, 0) is 9.84 Å². The Kier molecular flexibility index (Phi) is 2.87. The van der Waals surface area contributed by atoms with Crippen molar-refractivity contribution >= 4 is 37.2 Å². The van der Waals surface area contributed by atoms with E-state index in [2.05, 4.69) is 0 Å². The van der Waals surface area contributed by atoms with E-state index >= 15 is 0 Å². The first-order chi connectivity index (χ1) is 10.1. The fourth-order valence-electron chi connectivity index (χ4n) is 3.49. The summed E-state index contributed by atoms with van der Waals surface area (Å²) in [6.45, 7) is 0.929. The van der Waals surface area contributed by atoms with Gasteiger partial charge >= 0.3 is 0 Å². The van der Waals surface area contributed by atoms with Gasteiger partial charge in [-0.1, -0.05) is 12.1 Å². The molecule has 0 spiro atoms. The van der Waals surface area contributed by atoms with Crippen molar-refractivity contribution in [3.63, 3.8) is 0 Å². The van der Waals surface area contributed by atoms with Gasteiger partial charge in [0, 0.05) is 17.8 Å². The van der Waals surface area contributed by atoms with E-state index in [0.29, 0.717) is 25.1 Å². The van der Waals surface area contributed by atoms with Gasteiger partial charge in [0.2, 0.25) is 0 Å². The molecule has 0 radical (unpaired) electrons. The van der Waals surface area contributed by atoms with E-state index in [0.717, 1.165) is 10.1 Å². The van der Waals surface area contributed by atoms with Crippen LogP contribution in [0.15, 0.2) is 29.6 Å². The Morgan fingerprint density at radius 1 is 1.24 bits per heavy atom. The van der Waals surface area contributed by atoms with E-state index in [4.69, 9.17) is 0 Å². The van der Waals surface area contributed by atoms with Crippen molar-refractivity contribution in [2.75, 3.05) is 18.8 Å². The quantitative estimate of drug-likeness (QED) is 0.809. The maximum Gasteiger partial charge on any atom is 0.255 e. The summed E-state index contributed by atoms with van der Waals surface area (Å²) in [5.74, 6) is 0.374. The number of likely N-dealkylation sites (tertiary alicyclic amines) is 1. The van der Waals surface area contributed by atoms with E-state index in [1.165, 1.54) is 0 Å². The maximum atomic E-state index is 12.7. The lowest BCUT2D eigenvalue weighted by Crippen LogP contribution is -2.32. The molecule has 2 aliphatic heterocycles. The molecule has 2 fully saturated rings. The number of nitrogens with zero attached hydrogens (tertiary/aromatic N) is 1. The van der Waals surface area contributed by atoms with Gasteiger partial charge in [-0.3, -0.25) is 4.79 Å². The van der Waals surface area contributed by atoms with Gasteiger partial charge in [-0.2, -0.15) is 0 Å². The van der Waals surface area contributed by atoms with E-state index < -0.39 is 9.84 Å². The van der Waals surface area contributed by atoms with Crippen LogP contribution in [0.1, 0.15) is 16.8 Å². The minimum atomic E-state index is -3.00. The summed E-state index contributed by atoms with van der Waals surface area (Å²) < 4.78 is 25.0. The number of carbonyl (C=O) groups excluding carboxylic acids is 1. The Hall–Kier alpha value is -1.40. The number of hydrogen-bond donors (Lipinski definition) is 0. The third-order valence-electron chi connectivity index (χ3n) is 4.61. The summed E-state index contributed by atoms with van der Waals surface area (Å²) in [7, 11) is -3.00.